The Morgan fingerprint density at radius 3 is 2.65 bits per heavy atom. The Balaban J connectivity index is 1.61. The zero-order valence-corrected chi connectivity index (χ0v) is 18.8. The molecule has 0 aromatic heterocycles. The molecular weight excluding hydrogens is 439 g/mol. The number of phenolic OH excluding ortho intramolecular Hbond substituents is 1. The van der Waals surface area contributed by atoms with E-state index in [-0.39, 0.29) is 23.4 Å². The zero-order chi connectivity index (χ0) is 24.6. The first-order valence-corrected chi connectivity index (χ1v) is 10.5. The van der Waals surface area contributed by atoms with E-state index in [9.17, 15) is 24.2 Å². The van der Waals surface area contributed by atoms with Gasteiger partial charge in [-0.15, -0.1) is 0 Å². The number of nitrogens with one attached hydrogen (secondary N) is 1. The van der Waals surface area contributed by atoms with Gasteiger partial charge in [-0.1, -0.05) is 18.2 Å². The molecule has 9 heteroatoms. The quantitative estimate of drug-likeness (QED) is 0.587. The highest BCUT2D eigenvalue weighted by Gasteiger charge is 2.40. The molecule has 1 amide bonds. The average molecular weight is 462 g/mol. The molecule has 2 aromatic carbocycles. The van der Waals surface area contributed by atoms with Crippen molar-refractivity contribution in [2.75, 3.05) is 5.01 Å². The van der Waals surface area contributed by atoms with Crippen LogP contribution in [0.5, 0.6) is 5.75 Å². The number of carboxylic acid groups (broad SMARTS) is 1. The molecule has 4 rings (SSSR count). The second kappa shape index (κ2) is 8.58. The van der Waals surface area contributed by atoms with E-state index in [0.29, 0.717) is 17.0 Å². The van der Waals surface area contributed by atoms with Crippen LogP contribution in [0.3, 0.4) is 0 Å². The summed E-state index contributed by atoms with van der Waals surface area (Å²) in [4.78, 5) is 25.3. The Morgan fingerprint density at radius 2 is 1.94 bits per heavy atom. The predicted octanol–water partition coefficient (Wildman–Crippen LogP) is 3.68. The number of anilines is 1. The number of allylic oxidation sites excluding steroid dienone is 2. The molecule has 0 saturated carbocycles. The first kappa shape index (κ1) is 22.9. The highest BCUT2D eigenvalue weighted by molar-refractivity contribution is 6.71. The van der Waals surface area contributed by atoms with Crippen LogP contribution in [0.25, 0.3) is 5.57 Å². The van der Waals surface area contributed by atoms with Crippen LogP contribution in [0.2, 0.25) is 0 Å². The summed E-state index contributed by atoms with van der Waals surface area (Å²) in [6.07, 6.45) is 4.34. The molecule has 0 radical (unpaired) electrons. The fraction of sp³-hybridized carbons (Fsp3) is 0.200. The van der Waals surface area contributed by atoms with Gasteiger partial charge in [0.2, 0.25) is 0 Å². The number of aromatic hydroxyl groups is 1. The number of halogens is 1. The molecule has 174 valence electrons. The standard InChI is InChI=1S/C25H23FN4O4/c1-14-6-8-19(11-15(14)2)30-23(32)22(16(3)28-30)27-29-25(24(33)34)10-4-5-17(13-25)20-12-18(26)7-9-21(20)31/h4-12,29,31H,13H2,1-3H3,(H,33,34). The summed E-state index contributed by atoms with van der Waals surface area (Å²) in [5, 5.41) is 29.8. The molecule has 1 atom stereocenters. The van der Waals surface area contributed by atoms with Crippen molar-refractivity contribution in [1.82, 2.24) is 5.43 Å². The van der Waals surface area contributed by atoms with E-state index in [2.05, 4.69) is 15.6 Å². The maximum atomic E-state index is 13.8. The average Bonchev–Trinajstić information content (AvgIpc) is 3.09. The maximum absolute atomic E-state index is 13.8. The molecule has 2 aliphatic rings. The Labute approximate surface area is 195 Å². The van der Waals surface area contributed by atoms with Crippen LogP contribution >= 0.6 is 0 Å². The van der Waals surface area contributed by atoms with E-state index in [1.54, 1.807) is 19.1 Å². The van der Waals surface area contributed by atoms with Crippen molar-refractivity contribution in [3.8, 4) is 5.75 Å². The molecule has 1 heterocycles. The fourth-order valence-electron chi connectivity index (χ4n) is 3.78. The third kappa shape index (κ3) is 4.07. The second-order valence-corrected chi connectivity index (χ2v) is 8.31. The topological polar surface area (TPSA) is 115 Å². The number of phenols is 1. The van der Waals surface area contributed by atoms with Gasteiger partial charge < -0.3 is 10.2 Å². The Hall–Kier alpha value is -4.27. The molecule has 2 aromatic rings. The highest BCUT2D eigenvalue weighted by Crippen LogP contribution is 2.35. The monoisotopic (exact) mass is 462 g/mol. The third-order valence-electron chi connectivity index (χ3n) is 5.92. The predicted molar refractivity (Wildman–Crippen MR) is 127 cm³/mol. The Morgan fingerprint density at radius 1 is 1.18 bits per heavy atom. The van der Waals surface area contributed by atoms with Gasteiger partial charge >= 0.3 is 11.9 Å². The number of aryl methyl sites for hydroxylation is 2. The van der Waals surface area contributed by atoms with Gasteiger partial charge in [0.15, 0.2) is 11.3 Å². The fourth-order valence-corrected chi connectivity index (χ4v) is 3.78. The number of carbonyl (C=O) groups excluding carboxylic acids is 1. The molecule has 0 fully saturated rings. The van der Waals surface area contributed by atoms with Crippen molar-refractivity contribution in [2.24, 2.45) is 10.2 Å². The molecule has 3 N–H and O–H groups in total. The van der Waals surface area contributed by atoms with Crippen molar-refractivity contribution in [3.05, 3.63) is 77.1 Å². The lowest BCUT2D eigenvalue weighted by Gasteiger charge is -2.29. The van der Waals surface area contributed by atoms with Gasteiger partial charge in [-0.2, -0.15) is 15.2 Å². The summed E-state index contributed by atoms with van der Waals surface area (Å²) >= 11 is 0. The minimum Gasteiger partial charge on any atom is -0.507 e. The number of hydrogen-bond acceptors (Lipinski definition) is 6. The van der Waals surface area contributed by atoms with E-state index < -0.39 is 23.2 Å². The molecule has 0 saturated heterocycles. The van der Waals surface area contributed by atoms with Gasteiger partial charge in [0, 0.05) is 12.0 Å². The van der Waals surface area contributed by atoms with Gasteiger partial charge in [0.05, 0.1) is 11.4 Å². The highest BCUT2D eigenvalue weighted by atomic mass is 19.1. The largest absolute Gasteiger partial charge is 0.507 e. The van der Waals surface area contributed by atoms with Crippen molar-refractivity contribution < 1.29 is 24.2 Å². The molecule has 34 heavy (non-hydrogen) atoms. The third-order valence-corrected chi connectivity index (χ3v) is 5.92. The maximum Gasteiger partial charge on any atom is 0.335 e. The van der Waals surface area contributed by atoms with Gasteiger partial charge in [-0.25, -0.2) is 9.18 Å². The zero-order valence-electron chi connectivity index (χ0n) is 18.8. The smallest absolute Gasteiger partial charge is 0.335 e. The lowest BCUT2D eigenvalue weighted by atomic mass is 9.84. The number of amides is 1. The van der Waals surface area contributed by atoms with Crippen molar-refractivity contribution in [3.63, 3.8) is 0 Å². The molecule has 8 nitrogen and oxygen atoms in total. The van der Waals surface area contributed by atoms with Crippen LogP contribution in [-0.2, 0) is 9.59 Å². The number of benzene rings is 2. The normalized spacial score (nSPS) is 21.0. The van der Waals surface area contributed by atoms with Crippen LogP contribution in [0.4, 0.5) is 10.1 Å². The van der Waals surface area contributed by atoms with Gasteiger partial charge in [0.1, 0.15) is 11.6 Å². The number of hydrogen-bond donors (Lipinski definition) is 3. The minimum absolute atomic E-state index is 0.0167. The lowest BCUT2D eigenvalue weighted by Crippen LogP contribution is -2.50. The molecule has 1 aliphatic heterocycles. The lowest BCUT2D eigenvalue weighted by molar-refractivity contribution is -0.142. The van der Waals surface area contributed by atoms with E-state index in [1.807, 2.05) is 26.0 Å². The van der Waals surface area contributed by atoms with E-state index in [1.165, 1.54) is 23.2 Å². The minimum atomic E-state index is -1.72. The number of carbonyl (C=O) groups is 2. The van der Waals surface area contributed by atoms with E-state index >= 15 is 0 Å². The molecule has 0 spiro atoms. The van der Waals surface area contributed by atoms with Gasteiger partial charge in [0.25, 0.3) is 0 Å². The summed E-state index contributed by atoms with van der Waals surface area (Å²) in [7, 11) is 0. The van der Waals surface area contributed by atoms with Crippen molar-refractivity contribution in [2.45, 2.75) is 32.7 Å². The summed E-state index contributed by atoms with van der Waals surface area (Å²) in [6.45, 7) is 5.51. The second-order valence-electron chi connectivity index (χ2n) is 8.31. The molecule has 1 unspecified atom stereocenters. The number of carboxylic acids is 1. The van der Waals surface area contributed by atoms with Crippen LogP contribution in [0.1, 0.15) is 30.0 Å². The van der Waals surface area contributed by atoms with Gasteiger partial charge in [-0.3, -0.25) is 10.2 Å². The van der Waals surface area contributed by atoms with E-state index in [0.717, 1.165) is 23.3 Å². The van der Waals surface area contributed by atoms with Crippen LogP contribution in [-0.4, -0.2) is 39.1 Å². The summed E-state index contributed by atoms with van der Waals surface area (Å²) < 4.78 is 13.8. The Kier molecular flexibility index (Phi) is 5.78. The number of hydrazone groups is 2. The molecule has 1 aliphatic carbocycles. The summed E-state index contributed by atoms with van der Waals surface area (Å²) in [6, 6.07) is 8.96. The number of nitrogens with zero attached hydrogens (tertiary/aromatic N) is 3. The molecular formula is C25H23FN4O4. The summed E-state index contributed by atoms with van der Waals surface area (Å²) in [5.74, 6) is -2.48. The van der Waals surface area contributed by atoms with Crippen LogP contribution < -0.4 is 10.4 Å². The van der Waals surface area contributed by atoms with E-state index in [4.69, 9.17) is 0 Å². The summed E-state index contributed by atoms with van der Waals surface area (Å²) in [5.41, 5.74) is 4.45. The van der Waals surface area contributed by atoms with Crippen LogP contribution in [0, 0.1) is 19.7 Å². The van der Waals surface area contributed by atoms with Gasteiger partial charge in [-0.05, 0) is 73.9 Å². The van der Waals surface area contributed by atoms with Crippen LogP contribution in [0.15, 0.2) is 64.8 Å². The number of rotatable bonds is 5. The van der Waals surface area contributed by atoms with Crippen molar-refractivity contribution in [1.29, 1.82) is 0 Å². The Bertz CT molecular complexity index is 1330. The molecule has 0 bridgehead atoms. The van der Waals surface area contributed by atoms with Crippen molar-refractivity contribution >= 4 is 34.6 Å². The number of aliphatic carboxylic acids is 1. The first-order valence-electron chi connectivity index (χ1n) is 10.5. The SMILES string of the molecule is CC1=NN(c2ccc(C)c(C)c2)C(=O)C1=NNC1(C(=O)O)C=CC=C(c2cc(F)ccc2O)C1. The first-order chi connectivity index (χ1) is 16.1.